The van der Waals surface area contributed by atoms with E-state index in [0.29, 0.717) is 31.5 Å². The van der Waals surface area contributed by atoms with Crippen molar-refractivity contribution >= 4 is 11.8 Å². The first-order chi connectivity index (χ1) is 15.7. The molecule has 0 aromatic rings. The monoisotopic (exact) mass is 466 g/mol. The number of allylic oxidation sites excluding steroid dienone is 2. The number of aliphatic hydroxyl groups is 1. The molecule has 0 saturated heterocycles. The fraction of sp³-hybridized carbons (Fsp3) is 0.857. The average molecular weight is 467 g/mol. The number of carbonyl (C=O) groups is 2. The van der Waals surface area contributed by atoms with Crippen LogP contribution in [0.2, 0.25) is 0 Å². The summed E-state index contributed by atoms with van der Waals surface area (Å²) < 4.78 is 11.3. The maximum absolute atomic E-state index is 12.4. The van der Waals surface area contributed by atoms with Crippen LogP contribution in [-0.2, 0) is 19.1 Å². The number of esters is 1. The fourth-order valence-corrected chi connectivity index (χ4v) is 4.82. The number of carbonyl (C=O) groups excluding carboxylic acids is 2. The van der Waals surface area contributed by atoms with Gasteiger partial charge in [0.2, 0.25) is 0 Å². The predicted octanol–water partition coefficient (Wildman–Crippen LogP) is 6.56. The largest absolute Gasteiger partial charge is 0.463 e. The molecule has 4 atom stereocenters. The van der Waals surface area contributed by atoms with Gasteiger partial charge in [0, 0.05) is 25.7 Å². The summed E-state index contributed by atoms with van der Waals surface area (Å²) in [4.78, 5) is 24.0. The Hall–Kier alpha value is -1.20. The van der Waals surface area contributed by atoms with E-state index in [-0.39, 0.29) is 36.1 Å². The molecule has 0 aromatic carbocycles. The zero-order valence-corrected chi connectivity index (χ0v) is 21.9. The lowest BCUT2D eigenvalue weighted by Crippen LogP contribution is -2.26. The van der Waals surface area contributed by atoms with Gasteiger partial charge in [-0.2, -0.15) is 0 Å². The first kappa shape index (κ1) is 29.8. The van der Waals surface area contributed by atoms with Gasteiger partial charge in [-0.1, -0.05) is 44.8 Å². The van der Waals surface area contributed by atoms with Crippen LogP contribution in [0.1, 0.15) is 118 Å². The van der Waals surface area contributed by atoms with Gasteiger partial charge in [0.25, 0.3) is 0 Å². The maximum Gasteiger partial charge on any atom is 0.306 e. The van der Waals surface area contributed by atoms with Crippen LogP contribution in [0.5, 0.6) is 0 Å². The summed E-state index contributed by atoms with van der Waals surface area (Å²) in [5.41, 5.74) is 0. The number of unbranched alkanes of at least 4 members (excludes halogenated alkanes) is 5. The predicted molar refractivity (Wildman–Crippen MR) is 134 cm³/mol. The van der Waals surface area contributed by atoms with Crippen LogP contribution >= 0.6 is 0 Å². The van der Waals surface area contributed by atoms with Crippen molar-refractivity contribution in [3.63, 3.8) is 0 Å². The van der Waals surface area contributed by atoms with E-state index < -0.39 is 6.10 Å². The van der Waals surface area contributed by atoms with E-state index >= 15 is 0 Å². The van der Waals surface area contributed by atoms with Crippen molar-refractivity contribution in [3.8, 4) is 0 Å². The second kappa shape index (κ2) is 17.3. The van der Waals surface area contributed by atoms with E-state index in [0.717, 1.165) is 38.5 Å². The highest BCUT2D eigenvalue weighted by Gasteiger charge is 2.42. The molecule has 0 aromatic heterocycles. The van der Waals surface area contributed by atoms with Gasteiger partial charge in [0.1, 0.15) is 5.78 Å². The molecule has 1 fully saturated rings. The minimum atomic E-state index is -0.407. The first-order valence-corrected chi connectivity index (χ1v) is 13.4. The van der Waals surface area contributed by atoms with Gasteiger partial charge in [0.05, 0.1) is 24.4 Å². The van der Waals surface area contributed by atoms with Gasteiger partial charge >= 0.3 is 5.97 Å². The van der Waals surface area contributed by atoms with Crippen molar-refractivity contribution in [2.24, 2.45) is 11.8 Å². The number of rotatable bonds is 18. The number of aliphatic hydroxyl groups excluding tert-OH is 1. The highest BCUT2D eigenvalue weighted by molar-refractivity contribution is 5.78. The quantitative estimate of drug-likeness (QED) is 0.141. The van der Waals surface area contributed by atoms with Crippen molar-refractivity contribution < 1.29 is 24.2 Å². The molecule has 1 aliphatic rings. The fourth-order valence-electron chi connectivity index (χ4n) is 4.82. The second-order valence-electron chi connectivity index (χ2n) is 10.2. The Balaban J connectivity index is 2.50. The summed E-state index contributed by atoms with van der Waals surface area (Å²) in [6.45, 7) is 9.99. The van der Waals surface area contributed by atoms with Crippen molar-refractivity contribution in [1.82, 2.24) is 0 Å². The lowest BCUT2D eigenvalue weighted by molar-refractivity contribution is -0.147. The molecule has 0 unspecified atom stereocenters. The van der Waals surface area contributed by atoms with Crippen LogP contribution in [0.4, 0.5) is 0 Å². The van der Waals surface area contributed by atoms with Gasteiger partial charge in [-0.25, -0.2) is 0 Å². The first-order valence-electron chi connectivity index (χ1n) is 13.4. The van der Waals surface area contributed by atoms with Crippen LogP contribution in [0.25, 0.3) is 0 Å². The topological polar surface area (TPSA) is 72.8 Å². The number of ketones is 1. The lowest BCUT2D eigenvalue weighted by atomic mass is 9.86. The zero-order chi connectivity index (χ0) is 24.6. The average Bonchev–Trinajstić information content (AvgIpc) is 3.01. The summed E-state index contributed by atoms with van der Waals surface area (Å²) in [7, 11) is 0. The van der Waals surface area contributed by atoms with E-state index in [9.17, 15) is 14.7 Å². The summed E-state index contributed by atoms with van der Waals surface area (Å²) in [6, 6.07) is 0. The Morgan fingerprint density at radius 3 is 2.30 bits per heavy atom. The molecule has 5 heteroatoms. The van der Waals surface area contributed by atoms with Crippen LogP contribution in [0, 0.1) is 11.8 Å². The third kappa shape index (κ3) is 13.3. The molecule has 1 N–H and O–H groups in total. The SMILES string of the molecule is CCCCCCCC(=O)CC[C@@H]1[C@@H](C/C=C\CCCC(=O)OC(C)C)[C@@H](OC(C)C)C[C@H]1O. The van der Waals surface area contributed by atoms with Gasteiger partial charge in [-0.05, 0) is 71.6 Å². The molecule has 0 radical (unpaired) electrons. The normalized spacial score (nSPS) is 23.2. The summed E-state index contributed by atoms with van der Waals surface area (Å²) >= 11 is 0. The Kier molecular flexibility index (Phi) is 15.6. The van der Waals surface area contributed by atoms with Crippen LogP contribution in [0.15, 0.2) is 12.2 Å². The van der Waals surface area contributed by atoms with Crippen molar-refractivity contribution in [2.45, 2.75) is 143 Å². The minimum absolute atomic E-state index is 0.0276. The van der Waals surface area contributed by atoms with Crippen molar-refractivity contribution in [3.05, 3.63) is 12.2 Å². The Bertz CT molecular complexity index is 569. The third-order valence-corrected chi connectivity index (χ3v) is 6.45. The zero-order valence-electron chi connectivity index (χ0n) is 21.9. The van der Waals surface area contributed by atoms with Gasteiger partial charge < -0.3 is 14.6 Å². The summed E-state index contributed by atoms with van der Waals surface area (Å²) in [6.07, 6.45) is 15.3. The molecule has 33 heavy (non-hydrogen) atoms. The molecule has 0 amide bonds. The van der Waals surface area contributed by atoms with Crippen molar-refractivity contribution in [1.29, 1.82) is 0 Å². The molecule has 192 valence electrons. The van der Waals surface area contributed by atoms with Crippen LogP contribution in [0.3, 0.4) is 0 Å². The number of ether oxygens (including phenoxy) is 2. The second-order valence-corrected chi connectivity index (χ2v) is 10.2. The van der Waals surface area contributed by atoms with Crippen LogP contribution < -0.4 is 0 Å². The van der Waals surface area contributed by atoms with Gasteiger partial charge in [0.15, 0.2) is 0 Å². The molecule has 1 rings (SSSR count). The third-order valence-electron chi connectivity index (χ3n) is 6.45. The number of Topliss-reactive ketones (excluding diaryl/α,β-unsaturated/α-hetero) is 1. The van der Waals surface area contributed by atoms with E-state index in [1.165, 1.54) is 19.3 Å². The van der Waals surface area contributed by atoms with E-state index in [1.54, 1.807) is 0 Å². The van der Waals surface area contributed by atoms with Crippen LogP contribution in [-0.4, -0.2) is 41.3 Å². The Labute approximate surface area is 202 Å². The lowest BCUT2D eigenvalue weighted by Gasteiger charge is -2.26. The standard InChI is InChI=1S/C28H50O5/c1-6-7-8-9-12-15-23(29)18-19-24-25(27(20-26(24)30)32-21(2)3)16-13-10-11-14-17-28(31)33-22(4)5/h10,13,21-22,24-27,30H,6-9,11-12,14-20H2,1-5H3/b13-10-/t24-,25-,26-,27+/m1/s1. The Morgan fingerprint density at radius 2 is 1.64 bits per heavy atom. The molecular formula is C28H50O5. The molecule has 0 heterocycles. The Morgan fingerprint density at radius 1 is 0.909 bits per heavy atom. The maximum atomic E-state index is 12.4. The van der Waals surface area contributed by atoms with E-state index in [1.807, 2.05) is 27.7 Å². The smallest absolute Gasteiger partial charge is 0.306 e. The van der Waals surface area contributed by atoms with Gasteiger partial charge in [-0.3, -0.25) is 9.59 Å². The highest BCUT2D eigenvalue weighted by atomic mass is 16.5. The molecule has 0 spiro atoms. The molecule has 1 aliphatic carbocycles. The van der Waals surface area contributed by atoms with Gasteiger partial charge in [-0.15, -0.1) is 0 Å². The van der Waals surface area contributed by atoms with Crippen molar-refractivity contribution in [2.75, 3.05) is 0 Å². The minimum Gasteiger partial charge on any atom is -0.463 e. The van der Waals surface area contributed by atoms with E-state index in [4.69, 9.17) is 9.47 Å². The molecule has 0 aliphatic heterocycles. The molecule has 0 bridgehead atoms. The summed E-state index contributed by atoms with van der Waals surface area (Å²) in [5.74, 6) is 0.512. The highest BCUT2D eigenvalue weighted by Crippen LogP contribution is 2.40. The summed E-state index contributed by atoms with van der Waals surface area (Å²) in [5, 5.41) is 10.7. The number of hydrogen-bond donors (Lipinski definition) is 1. The molecule has 5 nitrogen and oxygen atoms in total. The molecular weight excluding hydrogens is 416 g/mol. The van der Waals surface area contributed by atoms with E-state index in [2.05, 4.69) is 19.1 Å². The number of hydrogen-bond acceptors (Lipinski definition) is 5. The molecule has 1 saturated carbocycles.